The maximum absolute atomic E-state index is 13.9. The Kier molecular flexibility index (Phi) is 4.70. The van der Waals surface area contributed by atoms with Gasteiger partial charge in [0.15, 0.2) is 0 Å². The SMILES string of the molecule is Cc1c(F)cccc1CN1CC2(CCN(C(=O)C3CC3)CC2)C[C@@H]1C(=O)O. The molecule has 4 rings (SSSR count). The van der Waals surface area contributed by atoms with E-state index in [0.29, 0.717) is 25.1 Å². The molecule has 1 N–H and O–H groups in total. The summed E-state index contributed by atoms with van der Waals surface area (Å²) in [5, 5.41) is 9.74. The number of hydrogen-bond donors (Lipinski definition) is 1. The smallest absolute Gasteiger partial charge is 0.320 e. The first kappa shape index (κ1) is 18.4. The summed E-state index contributed by atoms with van der Waals surface area (Å²) >= 11 is 0. The topological polar surface area (TPSA) is 60.9 Å². The van der Waals surface area contributed by atoms with E-state index in [9.17, 15) is 19.1 Å². The molecule has 1 aliphatic carbocycles. The van der Waals surface area contributed by atoms with Crippen molar-refractivity contribution < 1.29 is 19.1 Å². The predicted molar refractivity (Wildman–Crippen MR) is 98.6 cm³/mol. The van der Waals surface area contributed by atoms with E-state index in [1.165, 1.54) is 6.07 Å². The molecular formula is C21H27FN2O3. The van der Waals surface area contributed by atoms with Crippen LogP contribution in [-0.2, 0) is 16.1 Å². The van der Waals surface area contributed by atoms with Gasteiger partial charge in [0.2, 0.25) is 5.91 Å². The Hall–Kier alpha value is -1.95. The predicted octanol–water partition coefficient (Wildman–Crippen LogP) is 2.81. The van der Waals surface area contributed by atoms with Gasteiger partial charge in [0.05, 0.1) is 0 Å². The molecule has 1 aromatic carbocycles. The zero-order chi connectivity index (χ0) is 19.2. The van der Waals surface area contributed by atoms with Gasteiger partial charge in [-0.1, -0.05) is 12.1 Å². The fraction of sp³-hybridized carbons (Fsp3) is 0.619. The van der Waals surface area contributed by atoms with Crippen molar-refractivity contribution in [2.75, 3.05) is 19.6 Å². The number of nitrogens with zero attached hydrogens (tertiary/aromatic N) is 2. The van der Waals surface area contributed by atoms with Crippen LogP contribution in [0.1, 0.15) is 43.2 Å². The Morgan fingerprint density at radius 3 is 2.59 bits per heavy atom. The largest absolute Gasteiger partial charge is 0.480 e. The molecule has 1 saturated carbocycles. The van der Waals surface area contributed by atoms with Gasteiger partial charge in [-0.15, -0.1) is 0 Å². The number of likely N-dealkylation sites (tertiary alicyclic amines) is 2. The van der Waals surface area contributed by atoms with Gasteiger partial charge in [0.25, 0.3) is 0 Å². The van der Waals surface area contributed by atoms with Crippen molar-refractivity contribution in [1.29, 1.82) is 0 Å². The third-order valence-corrected chi connectivity index (χ3v) is 6.71. The lowest BCUT2D eigenvalue weighted by molar-refractivity contribution is -0.142. The molecule has 1 spiro atoms. The van der Waals surface area contributed by atoms with E-state index < -0.39 is 12.0 Å². The first-order valence-corrected chi connectivity index (χ1v) is 9.88. The van der Waals surface area contributed by atoms with E-state index in [1.54, 1.807) is 13.0 Å². The monoisotopic (exact) mass is 374 g/mol. The second-order valence-electron chi connectivity index (χ2n) is 8.59. The number of carbonyl (C=O) groups is 2. The van der Waals surface area contributed by atoms with Crippen LogP contribution in [0.25, 0.3) is 0 Å². The highest BCUT2D eigenvalue weighted by molar-refractivity contribution is 5.81. The number of amides is 1. The van der Waals surface area contributed by atoms with Gasteiger partial charge in [-0.2, -0.15) is 0 Å². The van der Waals surface area contributed by atoms with Crippen molar-refractivity contribution in [3.05, 3.63) is 35.1 Å². The lowest BCUT2D eigenvalue weighted by Gasteiger charge is -2.39. The van der Waals surface area contributed by atoms with Gasteiger partial charge in [-0.3, -0.25) is 14.5 Å². The summed E-state index contributed by atoms with van der Waals surface area (Å²) in [6.07, 6.45) is 4.36. The molecule has 0 unspecified atom stereocenters. The number of carbonyl (C=O) groups excluding carboxylic acids is 1. The van der Waals surface area contributed by atoms with E-state index in [4.69, 9.17) is 0 Å². The second kappa shape index (κ2) is 6.89. The molecule has 6 heteroatoms. The molecule has 146 valence electrons. The van der Waals surface area contributed by atoms with E-state index in [-0.39, 0.29) is 23.1 Å². The first-order chi connectivity index (χ1) is 12.9. The lowest BCUT2D eigenvalue weighted by Crippen LogP contribution is -2.44. The van der Waals surface area contributed by atoms with E-state index >= 15 is 0 Å². The van der Waals surface area contributed by atoms with Gasteiger partial charge in [0.1, 0.15) is 11.9 Å². The zero-order valence-electron chi connectivity index (χ0n) is 15.8. The van der Waals surface area contributed by atoms with Gasteiger partial charge in [-0.05, 0) is 61.6 Å². The highest BCUT2D eigenvalue weighted by Crippen LogP contribution is 2.45. The zero-order valence-corrected chi connectivity index (χ0v) is 15.8. The highest BCUT2D eigenvalue weighted by atomic mass is 19.1. The summed E-state index contributed by atoms with van der Waals surface area (Å²) in [4.78, 5) is 28.1. The number of halogens is 1. The van der Waals surface area contributed by atoms with Crippen molar-refractivity contribution in [1.82, 2.24) is 9.80 Å². The van der Waals surface area contributed by atoms with Crippen LogP contribution in [0.4, 0.5) is 4.39 Å². The standard InChI is InChI=1S/C21H27FN2O3/c1-14-16(3-2-4-17(14)22)12-24-13-21(11-18(24)20(26)27)7-9-23(10-8-21)19(25)15-5-6-15/h2-4,15,18H,5-13H2,1H3,(H,26,27)/t18-/m1/s1. The maximum atomic E-state index is 13.9. The van der Waals surface area contributed by atoms with Crippen LogP contribution < -0.4 is 0 Å². The normalized spacial score (nSPS) is 25.1. The summed E-state index contributed by atoms with van der Waals surface area (Å²) < 4.78 is 13.9. The van der Waals surface area contributed by atoms with Crippen LogP contribution >= 0.6 is 0 Å². The molecule has 1 atom stereocenters. The number of carboxylic acids is 1. The summed E-state index contributed by atoms with van der Waals surface area (Å²) in [7, 11) is 0. The van der Waals surface area contributed by atoms with Crippen molar-refractivity contribution in [3.63, 3.8) is 0 Å². The Bertz CT molecular complexity index is 754. The molecule has 5 nitrogen and oxygen atoms in total. The minimum atomic E-state index is -0.808. The minimum Gasteiger partial charge on any atom is -0.480 e. The first-order valence-electron chi connectivity index (χ1n) is 9.88. The summed E-state index contributed by atoms with van der Waals surface area (Å²) in [6.45, 7) is 4.36. The quantitative estimate of drug-likeness (QED) is 0.880. The fourth-order valence-electron chi connectivity index (χ4n) is 4.75. The van der Waals surface area contributed by atoms with E-state index in [1.807, 2.05) is 15.9 Å². The summed E-state index contributed by atoms with van der Waals surface area (Å²) in [6, 6.07) is 4.45. The second-order valence-corrected chi connectivity index (χ2v) is 8.59. The lowest BCUT2D eigenvalue weighted by atomic mass is 9.76. The number of rotatable bonds is 4. The fourth-order valence-corrected chi connectivity index (χ4v) is 4.75. The number of benzene rings is 1. The van der Waals surface area contributed by atoms with Crippen molar-refractivity contribution >= 4 is 11.9 Å². The molecule has 0 radical (unpaired) electrons. The molecule has 3 aliphatic rings. The van der Waals surface area contributed by atoms with E-state index in [0.717, 1.165) is 44.3 Å². The molecule has 0 aromatic heterocycles. The van der Waals surface area contributed by atoms with Crippen molar-refractivity contribution in [2.45, 2.75) is 51.6 Å². The van der Waals surface area contributed by atoms with Crippen LogP contribution in [0, 0.1) is 24.1 Å². The highest BCUT2D eigenvalue weighted by Gasteiger charge is 2.49. The van der Waals surface area contributed by atoms with Crippen LogP contribution in [0.15, 0.2) is 18.2 Å². The van der Waals surface area contributed by atoms with Gasteiger partial charge >= 0.3 is 5.97 Å². The number of hydrogen-bond acceptors (Lipinski definition) is 3. The van der Waals surface area contributed by atoms with Crippen LogP contribution in [0.5, 0.6) is 0 Å². The van der Waals surface area contributed by atoms with Crippen molar-refractivity contribution in [3.8, 4) is 0 Å². The average molecular weight is 374 g/mol. The number of piperidine rings is 1. The molecule has 0 bridgehead atoms. The van der Waals surface area contributed by atoms with E-state index in [2.05, 4.69) is 0 Å². The van der Waals surface area contributed by atoms with Crippen LogP contribution in [0.3, 0.4) is 0 Å². The molecule has 1 aromatic rings. The third kappa shape index (κ3) is 3.59. The number of aliphatic carboxylic acids is 1. The molecule has 27 heavy (non-hydrogen) atoms. The molecular weight excluding hydrogens is 347 g/mol. The molecule has 2 aliphatic heterocycles. The van der Waals surface area contributed by atoms with Gasteiger partial charge < -0.3 is 10.0 Å². The Morgan fingerprint density at radius 2 is 1.96 bits per heavy atom. The molecule has 2 saturated heterocycles. The maximum Gasteiger partial charge on any atom is 0.320 e. The molecule has 1 amide bonds. The molecule has 2 heterocycles. The van der Waals surface area contributed by atoms with Crippen LogP contribution in [0.2, 0.25) is 0 Å². The summed E-state index contributed by atoms with van der Waals surface area (Å²) in [5.74, 6) is -0.538. The van der Waals surface area contributed by atoms with Gasteiger partial charge in [0, 0.05) is 32.1 Å². The Labute approximate surface area is 159 Å². The number of carboxylic acid groups (broad SMARTS) is 1. The average Bonchev–Trinajstić information content (AvgIpc) is 3.43. The van der Waals surface area contributed by atoms with Gasteiger partial charge in [-0.25, -0.2) is 4.39 Å². The Morgan fingerprint density at radius 1 is 1.26 bits per heavy atom. The van der Waals surface area contributed by atoms with Crippen LogP contribution in [-0.4, -0.2) is 52.5 Å². The minimum absolute atomic E-state index is 0.0510. The molecule has 3 fully saturated rings. The third-order valence-electron chi connectivity index (χ3n) is 6.71. The Balaban J connectivity index is 1.46. The van der Waals surface area contributed by atoms with Crippen molar-refractivity contribution in [2.24, 2.45) is 11.3 Å². The summed E-state index contributed by atoms with van der Waals surface area (Å²) in [5.41, 5.74) is 1.39.